The Bertz CT molecular complexity index is 434. The van der Waals surface area contributed by atoms with Crippen LogP contribution in [0.4, 0.5) is 0 Å². The number of rotatable bonds is 4. The molecule has 1 radical (unpaired) electrons. The fourth-order valence-electron chi connectivity index (χ4n) is 1.49. The maximum atomic E-state index is 6.24. The quantitative estimate of drug-likeness (QED) is 0.496. The average molecular weight is 402 g/mol. The largest absolute Gasteiger partial charge is 0.226 e. The molecule has 1 rings (SSSR count). The molecule has 1 aromatic carbocycles. The van der Waals surface area contributed by atoms with E-state index in [4.69, 9.17) is 81.2 Å². The molecule has 19 heavy (non-hydrogen) atoms. The van der Waals surface area contributed by atoms with Crippen LogP contribution in [-0.2, 0) is 10.8 Å². The van der Waals surface area contributed by atoms with Crippen molar-refractivity contribution in [3.8, 4) is 0 Å². The average Bonchev–Trinajstić information content (AvgIpc) is 2.28. The van der Waals surface area contributed by atoms with Gasteiger partial charge in [-0.05, 0) is 24.0 Å². The molecule has 0 spiro atoms. The predicted molar refractivity (Wildman–Crippen MR) is 88.2 cm³/mol. The molecular weight excluding hydrogens is 392 g/mol. The second-order valence-electron chi connectivity index (χ2n) is 3.95. The highest BCUT2D eigenvalue weighted by Gasteiger charge is 2.60. The number of aryl methyl sites for hydroxylation is 1. The zero-order chi connectivity index (χ0) is 14.9. The Hall–Kier alpha value is 1.25. The van der Waals surface area contributed by atoms with Crippen LogP contribution in [0, 0.1) is 6.92 Å². The molecule has 0 bridgehead atoms. The van der Waals surface area contributed by atoms with Gasteiger partial charge in [0.25, 0.3) is 0 Å². The highest BCUT2D eigenvalue weighted by molar-refractivity contribution is 6.78. The lowest BCUT2D eigenvalue weighted by Gasteiger charge is -2.38. The third kappa shape index (κ3) is 3.92. The molecule has 0 aromatic heterocycles. The SMILES string of the molecule is [CH2]CCc1cccc(C(Cl)(Cl)C(Cl)(Cl)C(Cl)(Cl)Cl)c1. The first-order valence-corrected chi connectivity index (χ1v) is 7.89. The van der Waals surface area contributed by atoms with Gasteiger partial charge in [0.05, 0.1) is 0 Å². The number of alkyl halides is 7. The van der Waals surface area contributed by atoms with Gasteiger partial charge in [0.1, 0.15) is 0 Å². The summed E-state index contributed by atoms with van der Waals surface area (Å²) in [4.78, 5) is 0. The van der Waals surface area contributed by atoms with Crippen molar-refractivity contribution in [2.45, 2.75) is 25.3 Å². The first-order chi connectivity index (χ1) is 8.54. The lowest BCUT2D eigenvalue weighted by atomic mass is 10.0. The van der Waals surface area contributed by atoms with Crippen LogP contribution in [-0.4, -0.2) is 8.13 Å². The summed E-state index contributed by atoms with van der Waals surface area (Å²) in [7, 11) is 0. The third-order valence-corrected chi connectivity index (χ3v) is 6.46. The van der Waals surface area contributed by atoms with Crippen LogP contribution < -0.4 is 0 Å². The van der Waals surface area contributed by atoms with Gasteiger partial charge >= 0.3 is 0 Å². The van der Waals surface area contributed by atoms with Crippen LogP contribution in [0.3, 0.4) is 0 Å². The van der Waals surface area contributed by atoms with Crippen molar-refractivity contribution < 1.29 is 0 Å². The Balaban J connectivity index is 3.23. The normalized spacial score (nSPS) is 13.7. The van der Waals surface area contributed by atoms with Gasteiger partial charge in [0.15, 0.2) is 4.33 Å². The van der Waals surface area contributed by atoms with Gasteiger partial charge < -0.3 is 0 Å². The number of halogens is 7. The summed E-state index contributed by atoms with van der Waals surface area (Å²) >= 11 is 41.9. The van der Waals surface area contributed by atoms with Crippen LogP contribution in [0.25, 0.3) is 0 Å². The molecule has 0 aliphatic rings. The van der Waals surface area contributed by atoms with Crippen LogP contribution >= 0.6 is 81.2 Å². The molecule has 0 unspecified atom stereocenters. The summed E-state index contributed by atoms with van der Waals surface area (Å²) in [6, 6.07) is 7.13. The Kier molecular flexibility index (Phi) is 6.32. The van der Waals surface area contributed by atoms with Crippen molar-refractivity contribution in [3.05, 3.63) is 42.3 Å². The number of hydrogen-bond donors (Lipinski definition) is 0. The van der Waals surface area contributed by atoms with Gasteiger partial charge in [-0.15, -0.1) is 0 Å². The predicted octanol–water partition coefficient (Wildman–Crippen LogP) is 6.63. The first-order valence-electron chi connectivity index (χ1n) is 5.25. The molecule has 0 heterocycles. The van der Waals surface area contributed by atoms with E-state index in [0.29, 0.717) is 5.56 Å². The number of benzene rings is 1. The minimum Gasteiger partial charge on any atom is -0.0930 e. The monoisotopic (exact) mass is 399 g/mol. The standard InChI is InChI=1S/C12H10Cl7/c1-2-4-8-5-3-6-9(7-8)10(13,14)11(15,16)12(17,18)19/h3,5-7H,1-2,4H2. The fraction of sp³-hybridized carbons (Fsp3) is 0.417. The smallest absolute Gasteiger partial charge is 0.0930 e. The fourth-order valence-corrected chi connectivity index (χ4v) is 2.94. The van der Waals surface area contributed by atoms with Gasteiger partial charge in [-0.1, -0.05) is 112 Å². The van der Waals surface area contributed by atoms with Crippen molar-refractivity contribution in [1.82, 2.24) is 0 Å². The van der Waals surface area contributed by atoms with Crippen LogP contribution in [0.5, 0.6) is 0 Å². The van der Waals surface area contributed by atoms with E-state index in [1.807, 2.05) is 6.07 Å². The second kappa shape index (κ2) is 6.57. The van der Waals surface area contributed by atoms with Gasteiger partial charge in [0, 0.05) is 0 Å². The van der Waals surface area contributed by atoms with E-state index in [1.54, 1.807) is 18.2 Å². The zero-order valence-corrected chi connectivity index (χ0v) is 14.9. The molecule has 0 fully saturated rings. The van der Waals surface area contributed by atoms with E-state index in [0.717, 1.165) is 18.4 Å². The van der Waals surface area contributed by atoms with E-state index in [1.165, 1.54) is 0 Å². The van der Waals surface area contributed by atoms with Crippen LogP contribution in [0.1, 0.15) is 17.5 Å². The zero-order valence-electron chi connectivity index (χ0n) is 9.58. The molecule has 107 valence electrons. The first kappa shape index (κ1) is 18.3. The summed E-state index contributed by atoms with van der Waals surface area (Å²) in [5.41, 5.74) is 1.45. The van der Waals surface area contributed by atoms with Gasteiger partial charge in [0.2, 0.25) is 8.13 Å². The number of hydrogen-bond acceptors (Lipinski definition) is 0. The molecule has 0 aliphatic heterocycles. The summed E-state index contributed by atoms with van der Waals surface area (Å²) in [6.07, 6.45) is 1.50. The van der Waals surface area contributed by atoms with Crippen molar-refractivity contribution in [2.75, 3.05) is 0 Å². The molecule has 7 heteroatoms. The highest BCUT2D eigenvalue weighted by atomic mass is 35.6. The summed E-state index contributed by atoms with van der Waals surface area (Å²) < 4.78 is -5.85. The van der Waals surface area contributed by atoms with E-state index in [9.17, 15) is 0 Å². The summed E-state index contributed by atoms with van der Waals surface area (Å²) in [6.45, 7) is 3.78. The Morgan fingerprint density at radius 2 is 1.53 bits per heavy atom. The maximum absolute atomic E-state index is 6.24. The van der Waals surface area contributed by atoms with Crippen molar-refractivity contribution in [1.29, 1.82) is 0 Å². The van der Waals surface area contributed by atoms with E-state index < -0.39 is 12.5 Å². The Labute approximate surface area is 148 Å². The Morgan fingerprint density at radius 3 is 2.00 bits per heavy atom. The van der Waals surface area contributed by atoms with Gasteiger partial charge in [-0.3, -0.25) is 0 Å². The highest BCUT2D eigenvalue weighted by Crippen LogP contribution is 2.60. The summed E-state index contributed by atoms with van der Waals surface area (Å²) in [5.74, 6) is 0. The van der Waals surface area contributed by atoms with Crippen molar-refractivity contribution in [2.24, 2.45) is 0 Å². The third-order valence-electron chi connectivity index (χ3n) is 2.51. The van der Waals surface area contributed by atoms with Gasteiger partial charge in [-0.25, -0.2) is 0 Å². The Morgan fingerprint density at radius 1 is 0.947 bits per heavy atom. The maximum Gasteiger partial charge on any atom is 0.226 e. The lowest BCUT2D eigenvalue weighted by molar-refractivity contribution is 0.697. The molecule has 1 aromatic rings. The van der Waals surface area contributed by atoms with Crippen LogP contribution in [0.2, 0.25) is 0 Å². The van der Waals surface area contributed by atoms with E-state index >= 15 is 0 Å². The summed E-state index contributed by atoms with van der Waals surface area (Å²) in [5, 5.41) is 0. The van der Waals surface area contributed by atoms with Crippen molar-refractivity contribution >= 4 is 81.2 Å². The van der Waals surface area contributed by atoms with Crippen molar-refractivity contribution in [3.63, 3.8) is 0 Å². The lowest BCUT2D eigenvalue weighted by Crippen LogP contribution is -2.45. The molecule has 0 aliphatic carbocycles. The second-order valence-corrected chi connectivity index (χ2v) is 8.89. The minimum atomic E-state index is -2.05. The molecular formula is C12H10Cl7. The van der Waals surface area contributed by atoms with E-state index in [2.05, 4.69) is 6.92 Å². The minimum absolute atomic E-state index is 0.457. The molecule has 0 saturated carbocycles. The van der Waals surface area contributed by atoms with E-state index in [-0.39, 0.29) is 0 Å². The molecule has 0 nitrogen and oxygen atoms in total. The van der Waals surface area contributed by atoms with Crippen LogP contribution in [0.15, 0.2) is 24.3 Å². The molecule has 0 saturated heterocycles. The molecule has 0 atom stereocenters. The topological polar surface area (TPSA) is 0 Å². The molecule has 0 N–H and O–H groups in total. The molecule has 0 amide bonds. The van der Waals surface area contributed by atoms with Gasteiger partial charge in [-0.2, -0.15) is 0 Å².